The molecular formula is C49H31N7. The SMILES string of the molecule is N#Cc1cccc(-c2ccc(-c3nc(-c4ccccc4)nc(-c4ccccc4)n3)cc2)c1-c1cccc(-c2nc(-c3ccccc3)nc(-c3ccccc3)n2)c1. The number of hydrogen-bond donors (Lipinski definition) is 0. The van der Waals surface area contributed by atoms with Crippen LogP contribution in [0.5, 0.6) is 0 Å². The number of rotatable bonds is 8. The van der Waals surface area contributed by atoms with E-state index in [1.165, 1.54) is 0 Å². The minimum atomic E-state index is 0.544. The van der Waals surface area contributed by atoms with Crippen LogP contribution >= 0.6 is 0 Å². The van der Waals surface area contributed by atoms with Gasteiger partial charge in [-0.3, -0.25) is 0 Å². The predicted molar refractivity (Wildman–Crippen MR) is 221 cm³/mol. The average Bonchev–Trinajstić information content (AvgIpc) is 3.29. The van der Waals surface area contributed by atoms with Gasteiger partial charge in [-0.25, -0.2) is 29.9 Å². The van der Waals surface area contributed by atoms with Crippen LogP contribution < -0.4 is 0 Å². The Balaban J connectivity index is 1.12. The Hall–Kier alpha value is -7.95. The maximum absolute atomic E-state index is 10.4. The number of hydrogen-bond acceptors (Lipinski definition) is 7. The zero-order valence-electron chi connectivity index (χ0n) is 30.0. The van der Waals surface area contributed by atoms with Crippen molar-refractivity contribution in [1.82, 2.24) is 29.9 Å². The monoisotopic (exact) mass is 717 g/mol. The summed E-state index contributed by atoms with van der Waals surface area (Å²) >= 11 is 0. The van der Waals surface area contributed by atoms with Crippen LogP contribution in [0.2, 0.25) is 0 Å². The smallest absolute Gasteiger partial charge is 0.164 e. The molecule has 0 amide bonds. The first-order valence-corrected chi connectivity index (χ1v) is 18.2. The highest BCUT2D eigenvalue weighted by Gasteiger charge is 2.17. The highest BCUT2D eigenvalue weighted by molar-refractivity contribution is 5.89. The van der Waals surface area contributed by atoms with E-state index in [1.54, 1.807) is 0 Å². The number of aromatic nitrogens is 6. The standard InChI is InChI=1S/C49H31N7/c50-32-41-25-14-26-42(33-27-29-38(30-28-33)48-53-44(34-15-5-1-6-16-34)51-45(54-48)35-17-7-2-8-18-35)43(41)39-23-13-24-40(31-39)49-55-46(36-19-9-3-10-20-36)52-47(56-49)37-21-11-4-12-22-37/h1-31H. The Bertz CT molecular complexity index is 2720. The highest BCUT2D eigenvalue weighted by Crippen LogP contribution is 2.37. The topological polar surface area (TPSA) is 101 Å². The Kier molecular flexibility index (Phi) is 9.18. The van der Waals surface area contributed by atoms with Gasteiger partial charge < -0.3 is 0 Å². The van der Waals surface area contributed by atoms with Crippen molar-refractivity contribution in [2.24, 2.45) is 0 Å². The number of benzene rings is 7. The molecule has 0 atom stereocenters. The molecule has 2 aromatic heterocycles. The summed E-state index contributed by atoms with van der Waals surface area (Å²) in [4.78, 5) is 29.4. The van der Waals surface area contributed by atoms with Crippen LogP contribution in [0.3, 0.4) is 0 Å². The van der Waals surface area contributed by atoms with E-state index in [-0.39, 0.29) is 0 Å². The molecule has 0 saturated heterocycles. The lowest BCUT2D eigenvalue weighted by Crippen LogP contribution is -2.00. The summed E-state index contributed by atoms with van der Waals surface area (Å²) in [5.74, 6) is 3.50. The van der Waals surface area contributed by atoms with Gasteiger partial charge in [0, 0.05) is 38.9 Å². The van der Waals surface area contributed by atoms with E-state index < -0.39 is 0 Å². The van der Waals surface area contributed by atoms with E-state index in [4.69, 9.17) is 29.9 Å². The van der Waals surface area contributed by atoms with Crippen molar-refractivity contribution < 1.29 is 0 Å². The maximum Gasteiger partial charge on any atom is 0.164 e. The second-order valence-corrected chi connectivity index (χ2v) is 13.1. The van der Waals surface area contributed by atoms with Crippen LogP contribution in [0.25, 0.3) is 90.6 Å². The summed E-state index contributed by atoms with van der Waals surface area (Å²) < 4.78 is 0. The molecule has 0 saturated carbocycles. The van der Waals surface area contributed by atoms with E-state index in [2.05, 4.69) is 18.2 Å². The summed E-state index contributed by atoms with van der Waals surface area (Å²) in [5.41, 5.74) is 9.41. The van der Waals surface area contributed by atoms with Gasteiger partial charge in [-0.1, -0.05) is 176 Å². The van der Waals surface area contributed by atoms with Gasteiger partial charge in [-0.05, 0) is 28.8 Å². The lowest BCUT2D eigenvalue weighted by atomic mass is 9.90. The van der Waals surface area contributed by atoms with Gasteiger partial charge in [0.05, 0.1) is 11.6 Å². The lowest BCUT2D eigenvalue weighted by molar-refractivity contribution is 1.07. The minimum absolute atomic E-state index is 0.544. The fraction of sp³-hybridized carbons (Fsp3) is 0. The molecule has 7 aromatic carbocycles. The molecule has 0 fully saturated rings. The second-order valence-electron chi connectivity index (χ2n) is 13.1. The van der Waals surface area contributed by atoms with Crippen molar-refractivity contribution in [2.45, 2.75) is 0 Å². The van der Waals surface area contributed by atoms with Crippen LogP contribution in [-0.2, 0) is 0 Å². The van der Waals surface area contributed by atoms with Crippen molar-refractivity contribution in [2.75, 3.05) is 0 Å². The van der Waals surface area contributed by atoms with Crippen molar-refractivity contribution in [3.8, 4) is 96.7 Å². The fourth-order valence-corrected chi connectivity index (χ4v) is 6.69. The van der Waals surface area contributed by atoms with Gasteiger partial charge >= 0.3 is 0 Å². The molecule has 7 nitrogen and oxygen atoms in total. The Labute approximate surface area is 324 Å². The van der Waals surface area contributed by atoms with Crippen LogP contribution in [-0.4, -0.2) is 29.9 Å². The summed E-state index contributed by atoms with van der Waals surface area (Å²) in [5, 5.41) is 10.4. The molecule has 9 aromatic rings. The van der Waals surface area contributed by atoms with Gasteiger partial charge in [0.25, 0.3) is 0 Å². The number of nitriles is 1. The molecule has 0 N–H and O–H groups in total. The largest absolute Gasteiger partial charge is 0.208 e. The molecule has 56 heavy (non-hydrogen) atoms. The summed E-state index contributed by atoms with van der Waals surface area (Å²) in [6.07, 6.45) is 0. The molecule has 7 heteroatoms. The van der Waals surface area contributed by atoms with E-state index in [0.29, 0.717) is 40.5 Å². The Morgan fingerprint density at radius 3 is 1.02 bits per heavy atom. The zero-order chi connectivity index (χ0) is 37.7. The molecule has 0 aliphatic heterocycles. The third-order valence-electron chi connectivity index (χ3n) is 9.45. The first-order chi connectivity index (χ1) is 27.7. The maximum atomic E-state index is 10.4. The van der Waals surface area contributed by atoms with E-state index in [9.17, 15) is 5.26 Å². The third kappa shape index (κ3) is 6.94. The van der Waals surface area contributed by atoms with Crippen molar-refractivity contribution >= 4 is 0 Å². The fourth-order valence-electron chi connectivity index (χ4n) is 6.69. The molecule has 0 radical (unpaired) electrons. The molecule has 0 aliphatic carbocycles. The van der Waals surface area contributed by atoms with E-state index in [1.807, 2.05) is 176 Å². The molecule has 2 heterocycles. The summed E-state index contributed by atoms with van der Waals surface area (Å²) in [6.45, 7) is 0. The van der Waals surface area contributed by atoms with Crippen LogP contribution in [0.15, 0.2) is 188 Å². The van der Waals surface area contributed by atoms with Crippen molar-refractivity contribution in [3.05, 3.63) is 194 Å². The molecule has 262 valence electrons. The van der Waals surface area contributed by atoms with Crippen LogP contribution in [0.4, 0.5) is 0 Å². The normalized spacial score (nSPS) is 10.8. The van der Waals surface area contributed by atoms with Gasteiger partial charge in [0.2, 0.25) is 0 Å². The minimum Gasteiger partial charge on any atom is -0.208 e. The average molecular weight is 718 g/mol. The summed E-state index contributed by atoms with van der Waals surface area (Å²) in [6, 6.07) is 64.2. The lowest BCUT2D eigenvalue weighted by Gasteiger charge is -2.14. The third-order valence-corrected chi connectivity index (χ3v) is 9.45. The van der Waals surface area contributed by atoms with Gasteiger partial charge in [-0.2, -0.15) is 5.26 Å². The van der Waals surface area contributed by atoms with Crippen molar-refractivity contribution in [3.63, 3.8) is 0 Å². The molecule has 0 spiro atoms. The summed E-state index contributed by atoms with van der Waals surface area (Å²) in [7, 11) is 0. The first-order valence-electron chi connectivity index (χ1n) is 18.2. The zero-order valence-corrected chi connectivity index (χ0v) is 30.0. The Morgan fingerprint density at radius 2 is 0.607 bits per heavy atom. The quantitative estimate of drug-likeness (QED) is 0.154. The second kappa shape index (κ2) is 15.2. The first kappa shape index (κ1) is 33.9. The van der Waals surface area contributed by atoms with E-state index >= 15 is 0 Å². The molecule has 0 aliphatic rings. The predicted octanol–water partition coefficient (Wildman–Crippen LogP) is 11.3. The van der Waals surface area contributed by atoms with Crippen LogP contribution in [0.1, 0.15) is 5.56 Å². The van der Waals surface area contributed by atoms with Crippen LogP contribution in [0, 0.1) is 11.3 Å². The van der Waals surface area contributed by atoms with Gasteiger partial charge in [-0.15, -0.1) is 0 Å². The van der Waals surface area contributed by atoms with Gasteiger partial charge in [0.1, 0.15) is 0 Å². The molecular weight excluding hydrogens is 687 g/mol. The molecule has 0 unspecified atom stereocenters. The Morgan fingerprint density at radius 1 is 0.286 bits per heavy atom. The number of nitrogens with zero attached hydrogens (tertiary/aromatic N) is 7. The molecule has 9 rings (SSSR count). The highest BCUT2D eigenvalue weighted by atomic mass is 15.0. The van der Waals surface area contributed by atoms with Gasteiger partial charge in [0.15, 0.2) is 34.9 Å². The van der Waals surface area contributed by atoms with Crippen molar-refractivity contribution in [1.29, 1.82) is 5.26 Å². The van der Waals surface area contributed by atoms with E-state index in [0.717, 1.165) is 55.6 Å². The molecule has 0 bridgehead atoms.